The Labute approximate surface area is 116 Å². The number of imidazole rings is 1. The third-order valence-electron chi connectivity index (χ3n) is 3.45. The molecule has 0 aliphatic carbocycles. The third kappa shape index (κ3) is 2.18. The van der Waals surface area contributed by atoms with Crippen molar-refractivity contribution >= 4 is 11.0 Å². The highest BCUT2D eigenvalue weighted by molar-refractivity contribution is 5.77. The van der Waals surface area contributed by atoms with Gasteiger partial charge in [0, 0.05) is 5.56 Å². The first-order chi connectivity index (χ1) is 9.69. The largest absolute Gasteiger partial charge is 0.324 e. The zero-order chi connectivity index (χ0) is 14.1. The molecule has 0 amide bonds. The molecule has 0 radical (unpaired) electrons. The van der Waals surface area contributed by atoms with Gasteiger partial charge in [0.25, 0.3) is 0 Å². The lowest BCUT2D eigenvalue weighted by atomic mass is 10.2. The smallest absolute Gasteiger partial charge is 0.128 e. The molecule has 0 atom stereocenters. The highest BCUT2D eigenvalue weighted by Gasteiger charge is 2.11. The van der Waals surface area contributed by atoms with E-state index >= 15 is 0 Å². The molecule has 4 heteroatoms. The van der Waals surface area contributed by atoms with Crippen molar-refractivity contribution in [2.24, 2.45) is 5.73 Å². The lowest BCUT2D eigenvalue weighted by Gasteiger charge is -2.09. The first-order valence-electron chi connectivity index (χ1n) is 6.58. The zero-order valence-electron chi connectivity index (χ0n) is 11.3. The Kier molecular flexibility index (Phi) is 3.24. The average Bonchev–Trinajstić information content (AvgIpc) is 2.78. The topological polar surface area (TPSA) is 43.8 Å². The lowest BCUT2D eigenvalue weighted by Crippen LogP contribution is -2.10. The van der Waals surface area contributed by atoms with E-state index in [2.05, 4.69) is 4.98 Å². The van der Waals surface area contributed by atoms with Crippen LogP contribution in [-0.2, 0) is 13.1 Å². The summed E-state index contributed by atoms with van der Waals surface area (Å²) in [4.78, 5) is 4.53. The number of aromatic nitrogens is 2. The molecular weight excluding hydrogens is 253 g/mol. The van der Waals surface area contributed by atoms with E-state index in [1.807, 2.05) is 35.8 Å². The van der Waals surface area contributed by atoms with Gasteiger partial charge in [-0.1, -0.05) is 24.3 Å². The number of hydrogen-bond donors (Lipinski definition) is 1. The van der Waals surface area contributed by atoms with Gasteiger partial charge in [0.05, 0.1) is 24.1 Å². The molecule has 102 valence electrons. The fourth-order valence-corrected chi connectivity index (χ4v) is 2.42. The molecule has 0 unspecified atom stereocenters. The summed E-state index contributed by atoms with van der Waals surface area (Å²) in [5.41, 5.74) is 9.45. The molecule has 2 N–H and O–H groups in total. The van der Waals surface area contributed by atoms with Crippen LogP contribution in [-0.4, -0.2) is 9.55 Å². The van der Waals surface area contributed by atoms with Crippen molar-refractivity contribution in [1.82, 2.24) is 9.55 Å². The summed E-state index contributed by atoms with van der Waals surface area (Å²) in [6, 6.07) is 12.9. The van der Waals surface area contributed by atoms with Gasteiger partial charge in [0.15, 0.2) is 0 Å². The maximum absolute atomic E-state index is 13.8. The SMILES string of the molecule is Cc1ccc2c(c1)nc(CN)n2Cc1ccccc1F. The molecule has 0 aliphatic rings. The Hall–Kier alpha value is -2.20. The maximum Gasteiger partial charge on any atom is 0.128 e. The number of fused-ring (bicyclic) bond motifs is 1. The number of aryl methyl sites for hydroxylation is 1. The van der Waals surface area contributed by atoms with E-state index < -0.39 is 0 Å². The molecule has 3 nitrogen and oxygen atoms in total. The number of halogens is 1. The Morgan fingerprint density at radius 3 is 2.75 bits per heavy atom. The van der Waals surface area contributed by atoms with E-state index in [0.29, 0.717) is 18.7 Å². The molecule has 20 heavy (non-hydrogen) atoms. The summed E-state index contributed by atoms with van der Waals surface area (Å²) < 4.78 is 15.8. The number of nitrogens with zero attached hydrogens (tertiary/aromatic N) is 2. The van der Waals surface area contributed by atoms with Crippen molar-refractivity contribution in [2.45, 2.75) is 20.0 Å². The Balaban J connectivity index is 2.12. The third-order valence-corrected chi connectivity index (χ3v) is 3.45. The van der Waals surface area contributed by atoms with E-state index in [4.69, 9.17) is 5.73 Å². The van der Waals surface area contributed by atoms with E-state index in [1.165, 1.54) is 6.07 Å². The Morgan fingerprint density at radius 1 is 1.20 bits per heavy atom. The molecule has 0 bridgehead atoms. The fourth-order valence-electron chi connectivity index (χ4n) is 2.42. The molecule has 3 aromatic rings. The van der Waals surface area contributed by atoms with Gasteiger partial charge in [-0.15, -0.1) is 0 Å². The molecule has 2 aromatic carbocycles. The summed E-state index contributed by atoms with van der Waals surface area (Å²) in [6.45, 7) is 2.80. The quantitative estimate of drug-likeness (QED) is 0.794. The van der Waals surface area contributed by atoms with Crippen LogP contribution in [0, 0.1) is 12.7 Å². The minimum atomic E-state index is -0.204. The van der Waals surface area contributed by atoms with Crippen molar-refractivity contribution in [1.29, 1.82) is 0 Å². The molecule has 3 rings (SSSR count). The van der Waals surface area contributed by atoms with Crippen LogP contribution >= 0.6 is 0 Å². The monoisotopic (exact) mass is 269 g/mol. The second-order valence-electron chi connectivity index (χ2n) is 4.90. The van der Waals surface area contributed by atoms with Crippen molar-refractivity contribution in [2.75, 3.05) is 0 Å². The van der Waals surface area contributed by atoms with E-state index in [9.17, 15) is 4.39 Å². The summed E-state index contributed by atoms with van der Waals surface area (Å²) in [6.07, 6.45) is 0. The minimum absolute atomic E-state index is 0.204. The van der Waals surface area contributed by atoms with Crippen LogP contribution in [0.1, 0.15) is 17.0 Å². The van der Waals surface area contributed by atoms with E-state index in [0.717, 1.165) is 22.4 Å². The van der Waals surface area contributed by atoms with Crippen LogP contribution in [0.4, 0.5) is 4.39 Å². The standard InChI is InChI=1S/C16H16FN3/c1-11-6-7-15-14(8-11)19-16(9-18)20(15)10-12-4-2-3-5-13(12)17/h2-8H,9-10,18H2,1H3. The van der Waals surface area contributed by atoms with Gasteiger partial charge in [0.2, 0.25) is 0 Å². The number of hydrogen-bond acceptors (Lipinski definition) is 2. The Bertz CT molecular complexity index is 762. The van der Waals surface area contributed by atoms with Gasteiger partial charge in [0.1, 0.15) is 11.6 Å². The van der Waals surface area contributed by atoms with Crippen LogP contribution in [0.2, 0.25) is 0 Å². The van der Waals surface area contributed by atoms with Crippen LogP contribution in [0.3, 0.4) is 0 Å². The minimum Gasteiger partial charge on any atom is -0.324 e. The second kappa shape index (κ2) is 5.06. The predicted octanol–water partition coefficient (Wildman–Crippen LogP) is 2.99. The van der Waals surface area contributed by atoms with Gasteiger partial charge >= 0.3 is 0 Å². The fraction of sp³-hybridized carbons (Fsp3) is 0.188. The summed E-state index contributed by atoms with van der Waals surface area (Å²) in [5, 5.41) is 0. The van der Waals surface area contributed by atoms with Gasteiger partial charge in [-0.25, -0.2) is 9.37 Å². The lowest BCUT2D eigenvalue weighted by molar-refractivity contribution is 0.597. The van der Waals surface area contributed by atoms with Gasteiger partial charge in [-0.05, 0) is 30.7 Å². The first-order valence-corrected chi connectivity index (χ1v) is 6.58. The first kappa shape index (κ1) is 12.8. The molecule has 0 spiro atoms. The van der Waals surface area contributed by atoms with Crippen LogP contribution in [0.5, 0.6) is 0 Å². The predicted molar refractivity (Wildman–Crippen MR) is 77.9 cm³/mol. The molecule has 0 saturated heterocycles. The normalized spacial score (nSPS) is 11.2. The van der Waals surface area contributed by atoms with Crippen molar-refractivity contribution in [3.63, 3.8) is 0 Å². The van der Waals surface area contributed by atoms with Crippen molar-refractivity contribution < 1.29 is 4.39 Å². The second-order valence-corrected chi connectivity index (χ2v) is 4.90. The number of benzene rings is 2. The van der Waals surface area contributed by atoms with E-state index in [1.54, 1.807) is 12.1 Å². The number of nitrogens with two attached hydrogens (primary N) is 1. The zero-order valence-corrected chi connectivity index (χ0v) is 11.3. The van der Waals surface area contributed by atoms with Gasteiger partial charge in [-0.2, -0.15) is 0 Å². The van der Waals surface area contributed by atoms with Crippen molar-refractivity contribution in [3.05, 3.63) is 65.2 Å². The summed E-state index contributed by atoms with van der Waals surface area (Å²) >= 11 is 0. The van der Waals surface area contributed by atoms with Crippen LogP contribution in [0.15, 0.2) is 42.5 Å². The molecule has 0 saturated carbocycles. The molecule has 0 fully saturated rings. The molecule has 1 aromatic heterocycles. The van der Waals surface area contributed by atoms with Crippen molar-refractivity contribution in [3.8, 4) is 0 Å². The summed E-state index contributed by atoms with van der Waals surface area (Å²) in [5.74, 6) is 0.568. The summed E-state index contributed by atoms with van der Waals surface area (Å²) in [7, 11) is 0. The Morgan fingerprint density at radius 2 is 2.00 bits per heavy atom. The molecular formula is C16H16FN3. The highest BCUT2D eigenvalue weighted by Crippen LogP contribution is 2.20. The number of rotatable bonds is 3. The van der Waals surface area contributed by atoms with E-state index in [-0.39, 0.29) is 5.82 Å². The van der Waals surface area contributed by atoms with Gasteiger partial charge in [-0.3, -0.25) is 0 Å². The average molecular weight is 269 g/mol. The molecule has 0 aliphatic heterocycles. The maximum atomic E-state index is 13.8. The highest BCUT2D eigenvalue weighted by atomic mass is 19.1. The van der Waals surface area contributed by atoms with Crippen LogP contribution < -0.4 is 5.73 Å². The molecule has 1 heterocycles. The van der Waals surface area contributed by atoms with Gasteiger partial charge < -0.3 is 10.3 Å². The van der Waals surface area contributed by atoms with Crippen LogP contribution in [0.25, 0.3) is 11.0 Å².